The molecular formula is C22H26ClFN2O. The molecule has 2 aromatic rings. The zero-order chi connectivity index (χ0) is 18.1. The predicted molar refractivity (Wildman–Crippen MR) is 109 cm³/mol. The Morgan fingerprint density at radius 1 is 1.00 bits per heavy atom. The molecule has 2 fully saturated rings. The zero-order valence-electron chi connectivity index (χ0n) is 15.6. The number of carbonyl (C=O) groups excluding carboxylic acids is 1. The minimum absolute atomic E-state index is 0. The maximum atomic E-state index is 14.7. The molecule has 2 saturated heterocycles. The molecule has 0 bridgehead atoms. The number of rotatable bonds is 2. The van der Waals surface area contributed by atoms with Gasteiger partial charge in [0.15, 0.2) is 0 Å². The fourth-order valence-electron chi connectivity index (χ4n) is 4.21. The van der Waals surface area contributed by atoms with Crippen LogP contribution < -0.4 is 5.32 Å². The maximum absolute atomic E-state index is 14.7. The largest absolute Gasteiger partial charge is 0.339 e. The molecule has 0 saturated carbocycles. The summed E-state index contributed by atoms with van der Waals surface area (Å²) in [6, 6.07) is 12.9. The Hall–Kier alpha value is -1.91. The molecule has 0 unspecified atom stereocenters. The quantitative estimate of drug-likeness (QED) is 0.832. The number of likely N-dealkylation sites (tertiary alicyclic amines) is 1. The fourth-order valence-corrected chi connectivity index (χ4v) is 4.21. The van der Waals surface area contributed by atoms with Gasteiger partial charge in [0.05, 0.1) is 5.56 Å². The highest BCUT2D eigenvalue weighted by atomic mass is 35.5. The average Bonchev–Trinajstić information content (AvgIpc) is 3.00. The van der Waals surface area contributed by atoms with E-state index in [-0.39, 0.29) is 23.9 Å². The summed E-state index contributed by atoms with van der Waals surface area (Å²) in [6.45, 7) is 5.57. The molecule has 0 aromatic heterocycles. The summed E-state index contributed by atoms with van der Waals surface area (Å²) >= 11 is 0. The van der Waals surface area contributed by atoms with Gasteiger partial charge in [-0.3, -0.25) is 4.79 Å². The van der Waals surface area contributed by atoms with Crippen molar-refractivity contribution in [2.45, 2.75) is 19.8 Å². The summed E-state index contributed by atoms with van der Waals surface area (Å²) in [4.78, 5) is 14.7. The van der Waals surface area contributed by atoms with Crippen LogP contribution in [0.5, 0.6) is 0 Å². The van der Waals surface area contributed by atoms with Gasteiger partial charge in [0.25, 0.3) is 5.91 Å². The third-order valence-corrected chi connectivity index (χ3v) is 5.89. The molecule has 2 aromatic carbocycles. The number of fused-ring (bicyclic) bond motifs is 1. The van der Waals surface area contributed by atoms with Crippen molar-refractivity contribution in [2.75, 3.05) is 26.2 Å². The van der Waals surface area contributed by atoms with E-state index in [9.17, 15) is 9.18 Å². The highest BCUT2D eigenvalue weighted by Gasteiger charge is 2.32. The SMILES string of the molecule is Cc1ccc(-c2ccc(C(=O)N3CC[C@@H]4CNC[C@@H]4CC3)c(F)c2)cc1.Cl. The summed E-state index contributed by atoms with van der Waals surface area (Å²) in [5.41, 5.74) is 3.12. The van der Waals surface area contributed by atoms with Crippen LogP contribution in [0.1, 0.15) is 28.8 Å². The van der Waals surface area contributed by atoms with E-state index >= 15 is 0 Å². The Kier molecular flexibility index (Phi) is 6.18. The van der Waals surface area contributed by atoms with Crippen LogP contribution in [0.15, 0.2) is 42.5 Å². The molecule has 2 atom stereocenters. The summed E-state index contributed by atoms with van der Waals surface area (Å²) < 4.78 is 14.7. The van der Waals surface area contributed by atoms with Gasteiger partial charge in [-0.2, -0.15) is 0 Å². The lowest BCUT2D eigenvalue weighted by atomic mass is 9.92. The molecule has 1 N–H and O–H groups in total. The highest BCUT2D eigenvalue weighted by molar-refractivity contribution is 5.95. The van der Waals surface area contributed by atoms with Crippen LogP contribution in [-0.4, -0.2) is 37.0 Å². The molecular weight excluding hydrogens is 363 g/mol. The predicted octanol–water partition coefficient (Wildman–Crippen LogP) is 4.29. The first-order valence-corrected chi connectivity index (χ1v) is 9.48. The van der Waals surface area contributed by atoms with Crippen molar-refractivity contribution in [1.29, 1.82) is 0 Å². The van der Waals surface area contributed by atoms with Crippen molar-refractivity contribution in [1.82, 2.24) is 10.2 Å². The lowest BCUT2D eigenvalue weighted by Crippen LogP contribution is -2.33. The van der Waals surface area contributed by atoms with Crippen LogP contribution >= 0.6 is 12.4 Å². The molecule has 5 heteroatoms. The molecule has 0 spiro atoms. The Balaban J connectivity index is 0.00000210. The third-order valence-electron chi connectivity index (χ3n) is 5.89. The molecule has 2 aliphatic rings. The summed E-state index contributed by atoms with van der Waals surface area (Å²) in [7, 11) is 0. The van der Waals surface area contributed by atoms with Crippen molar-refractivity contribution in [3.63, 3.8) is 0 Å². The number of nitrogens with one attached hydrogen (secondary N) is 1. The van der Waals surface area contributed by atoms with Gasteiger partial charge in [-0.25, -0.2) is 4.39 Å². The zero-order valence-corrected chi connectivity index (χ0v) is 16.4. The van der Waals surface area contributed by atoms with E-state index in [0.717, 1.165) is 50.1 Å². The van der Waals surface area contributed by atoms with Gasteiger partial charge in [0, 0.05) is 13.1 Å². The van der Waals surface area contributed by atoms with Crippen molar-refractivity contribution >= 4 is 18.3 Å². The maximum Gasteiger partial charge on any atom is 0.256 e. The van der Waals surface area contributed by atoms with Crippen molar-refractivity contribution in [3.05, 3.63) is 59.4 Å². The van der Waals surface area contributed by atoms with E-state index in [4.69, 9.17) is 0 Å². The second-order valence-corrected chi connectivity index (χ2v) is 7.61. The van der Waals surface area contributed by atoms with E-state index in [1.165, 1.54) is 11.6 Å². The monoisotopic (exact) mass is 388 g/mol. The second-order valence-electron chi connectivity index (χ2n) is 7.61. The van der Waals surface area contributed by atoms with Crippen LogP contribution in [0.2, 0.25) is 0 Å². The summed E-state index contributed by atoms with van der Waals surface area (Å²) in [5.74, 6) is 0.702. The number of hydrogen-bond acceptors (Lipinski definition) is 2. The summed E-state index contributed by atoms with van der Waals surface area (Å²) in [5, 5.41) is 3.44. The first-order chi connectivity index (χ1) is 12.6. The number of aryl methyl sites for hydroxylation is 1. The van der Waals surface area contributed by atoms with Gasteiger partial charge in [0.1, 0.15) is 5.82 Å². The normalized spacial score (nSPS) is 21.9. The molecule has 144 valence electrons. The number of halogens is 2. The molecule has 0 aliphatic carbocycles. The standard InChI is InChI=1S/C22H25FN2O.ClH/c1-15-2-4-16(5-3-15)17-6-7-20(21(23)12-17)22(26)25-10-8-18-13-24-14-19(18)9-11-25;/h2-7,12,18-19,24H,8-11,13-14H2,1H3;1H/t18-,19+;. The molecule has 3 nitrogen and oxygen atoms in total. The molecule has 1 amide bonds. The Labute approximate surface area is 166 Å². The first kappa shape index (κ1) is 19.8. The number of nitrogens with zero attached hydrogens (tertiary/aromatic N) is 1. The van der Waals surface area contributed by atoms with Crippen molar-refractivity contribution < 1.29 is 9.18 Å². The lowest BCUT2D eigenvalue weighted by Gasteiger charge is -2.21. The van der Waals surface area contributed by atoms with Crippen LogP contribution in [0, 0.1) is 24.6 Å². The number of carbonyl (C=O) groups is 1. The number of hydrogen-bond donors (Lipinski definition) is 1. The van der Waals surface area contributed by atoms with Gasteiger partial charge in [-0.1, -0.05) is 35.9 Å². The lowest BCUT2D eigenvalue weighted by molar-refractivity contribution is 0.0754. The third kappa shape index (κ3) is 4.17. The number of amides is 1. The molecule has 27 heavy (non-hydrogen) atoms. The van der Waals surface area contributed by atoms with Crippen LogP contribution in [0.4, 0.5) is 4.39 Å². The molecule has 2 aliphatic heterocycles. The van der Waals surface area contributed by atoms with E-state index in [1.54, 1.807) is 6.07 Å². The Morgan fingerprint density at radius 2 is 1.59 bits per heavy atom. The molecule has 2 heterocycles. The average molecular weight is 389 g/mol. The number of benzene rings is 2. The van der Waals surface area contributed by atoms with Gasteiger partial charge in [0.2, 0.25) is 0 Å². The molecule has 4 rings (SSSR count). The van der Waals surface area contributed by atoms with E-state index in [2.05, 4.69) is 5.32 Å². The topological polar surface area (TPSA) is 32.3 Å². The van der Waals surface area contributed by atoms with Gasteiger partial charge in [-0.15, -0.1) is 12.4 Å². The second kappa shape index (κ2) is 8.41. The fraction of sp³-hybridized carbons (Fsp3) is 0.409. The summed E-state index contributed by atoms with van der Waals surface area (Å²) in [6.07, 6.45) is 2.01. The highest BCUT2D eigenvalue weighted by Crippen LogP contribution is 2.28. The van der Waals surface area contributed by atoms with E-state index < -0.39 is 5.82 Å². The van der Waals surface area contributed by atoms with E-state index in [0.29, 0.717) is 11.8 Å². The minimum Gasteiger partial charge on any atom is -0.339 e. The van der Waals surface area contributed by atoms with Crippen LogP contribution in [0.25, 0.3) is 11.1 Å². The smallest absolute Gasteiger partial charge is 0.256 e. The Morgan fingerprint density at radius 3 is 2.19 bits per heavy atom. The van der Waals surface area contributed by atoms with Gasteiger partial charge >= 0.3 is 0 Å². The first-order valence-electron chi connectivity index (χ1n) is 9.48. The molecule has 0 radical (unpaired) electrons. The van der Waals surface area contributed by atoms with E-state index in [1.807, 2.05) is 42.2 Å². The van der Waals surface area contributed by atoms with Gasteiger partial charge in [-0.05, 0) is 68.0 Å². The minimum atomic E-state index is -0.431. The van der Waals surface area contributed by atoms with Gasteiger partial charge < -0.3 is 10.2 Å². The Bertz CT molecular complexity index is 794. The van der Waals surface area contributed by atoms with Crippen molar-refractivity contribution in [3.8, 4) is 11.1 Å². The van der Waals surface area contributed by atoms with Crippen molar-refractivity contribution in [2.24, 2.45) is 11.8 Å². The van der Waals surface area contributed by atoms with Crippen LogP contribution in [0.3, 0.4) is 0 Å². The van der Waals surface area contributed by atoms with Crippen LogP contribution in [-0.2, 0) is 0 Å².